The van der Waals surface area contributed by atoms with Crippen molar-refractivity contribution in [3.8, 4) is 0 Å². The summed E-state index contributed by atoms with van der Waals surface area (Å²) in [7, 11) is 0. The SMILES string of the molecule is CCCC(C)NC(=O)CNCC(=O)NCC(C)C. The first-order valence-corrected chi connectivity index (χ1v) is 6.72. The average molecular weight is 257 g/mol. The van der Waals surface area contributed by atoms with Gasteiger partial charge in [0.1, 0.15) is 0 Å². The lowest BCUT2D eigenvalue weighted by atomic mass is 10.2. The normalized spacial score (nSPS) is 12.3. The molecule has 0 bridgehead atoms. The summed E-state index contributed by atoms with van der Waals surface area (Å²) in [5, 5.41) is 8.49. The lowest BCUT2D eigenvalue weighted by Gasteiger charge is -2.13. The van der Waals surface area contributed by atoms with Gasteiger partial charge in [-0.3, -0.25) is 14.9 Å². The van der Waals surface area contributed by atoms with Crippen molar-refractivity contribution in [2.45, 2.75) is 46.6 Å². The zero-order valence-electron chi connectivity index (χ0n) is 12.0. The van der Waals surface area contributed by atoms with Crippen LogP contribution in [0.1, 0.15) is 40.5 Å². The fraction of sp³-hybridized carbons (Fsp3) is 0.846. The average Bonchev–Trinajstić information content (AvgIpc) is 2.26. The summed E-state index contributed by atoms with van der Waals surface area (Å²) in [6, 6.07) is 0.194. The molecular formula is C13H27N3O2. The van der Waals surface area contributed by atoms with Crippen LogP contribution in [0, 0.1) is 5.92 Å². The molecule has 5 heteroatoms. The van der Waals surface area contributed by atoms with Gasteiger partial charge in [0.05, 0.1) is 13.1 Å². The lowest BCUT2D eigenvalue weighted by molar-refractivity contribution is -0.121. The Hall–Kier alpha value is -1.10. The number of rotatable bonds is 9. The molecule has 0 saturated heterocycles. The lowest BCUT2D eigenvalue weighted by Crippen LogP contribution is -2.42. The van der Waals surface area contributed by atoms with E-state index in [1.807, 2.05) is 20.8 Å². The van der Waals surface area contributed by atoms with Gasteiger partial charge >= 0.3 is 0 Å². The van der Waals surface area contributed by atoms with Crippen LogP contribution in [0.3, 0.4) is 0 Å². The second kappa shape index (κ2) is 9.88. The minimum Gasteiger partial charge on any atom is -0.355 e. The third-order valence-electron chi connectivity index (χ3n) is 2.41. The predicted molar refractivity (Wildman–Crippen MR) is 73.2 cm³/mol. The van der Waals surface area contributed by atoms with Crippen LogP contribution in [-0.4, -0.2) is 37.5 Å². The van der Waals surface area contributed by atoms with Crippen molar-refractivity contribution in [2.75, 3.05) is 19.6 Å². The quantitative estimate of drug-likeness (QED) is 0.568. The van der Waals surface area contributed by atoms with Gasteiger partial charge in [0.15, 0.2) is 0 Å². The molecule has 5 nitrogen and oxygen atoms in total. The maximum atomic E-state index is 11.5. The molecule has 0 aromatic carbocycles. The maximum Gasteiger partial charge on any atom is 0.234 e. The van der Waals surface area contributed by atoms with Crippen molar-refractivity contribution in [3.63, 3.8) is 0 Å². The van der Waals surface area contributed by atoms with Crippen molar-refractivity contribution >= 4 is 11.8 Å². The highest BCUT2D eigenvalue weighted by Gasteiger charge is 2.07. The Morgan fingerprint density at radius 1 is 1.06 bits per heavy atom. The molecule has 1 unspecified atom stereocenters. The summed E-state index contributed by atoms with van der Waals surface area (Å²) >= 11 is 0. The summed E-state index contributed by atoms with van der Waals surface area (Å²) in [5.74, 6) is 0.304. The monoisotopic (exact) mass is 257 g/mol. The van der Waals surface area contributed by atoms with Crippen LogP contribution < -0.4 is 16.0 Å². The first-order valence-electron chi connectivity index (χ1n) is 6.72. The third kappa shape index (κ3) is 10.1. The number of amides is 2. The molecule has 0 fully saturated rings. The van der Waals surface area contributed by atoms with Gasteiger partial charge < -0.3 is 10.6 Å². The van der Waals surface area contributed by atoms with Gasteiger partial charge in [-0.05, 0) is 19.3 Å². The minimum absolute atomic E-state index is 0.0624. The Balaban J connectivity index is 3.58. The Bertz CT molecular complexity index is 255. The van der Waals surface area contributed by atoms with Crippen LogP contribution >= 0.6 is 0 Å². The molecule has 0 aromatic rings. The molecule has 18 heavy (non-hydrogen) atoms. The van der Waals surface area contributed by atoms with E-state index in [2.05, 4.69) is 22.9 Å². The standard InChI is InChI=1S/C13H27N3O2/c1-5-6-11(4)16-13(18)9-14-8-12(17)15-7-10(2)3/h10-11,14H,5-9H2,1-4H3,(H,15,17)(H,16,18). The van der Waals surface area contributed by atoms with E-state index in [0.29, 0.717) is 12.5 Å². The molecule has 0 saturated carbocycles. The highest BCUT2D eigenvalue weighted by Crippen LogP contribution is 1.93. The summed E-state index contributed by atoms with van der Waals surface area (Å²) in [6.45, 7) is 9.18. The van der Waals surface area contributed by atoms with Gasteiger partial charge in [-0.2, -0.15) is 0 Å². The molecule has 106 valence electrons. The van der Waals surface area contributed by atoms with Crippen LogP contribution in [0.2, 0.25) is 0 Å². The van der Waals surface area contributed by atoms with Gasteiger partial charge in [-0.15, -0.1) is 0 Å². The molecule has 1 atom stereocenters. The van der Waals surface area contributed by atoms with Crippen LogP contribution in [0.15, 0.2) is 0 Å². The van der Waals surface area contributed by atoms with E-state index in [1.54, 1.807) is 0 Å². The molecule has 2 amide bonds. The summed E-state index contributed by atoms with van der Waals surface area (Å²) in [6.07, 6.45) is 2.02. The van der Waals surface area contributed by atoms with E-state index >= 15 is 0 Å². The van der Waals surface area contributed by atoms with Gasteiger partial charge in [0.2, 0.25) is 11.8 Å². The van der Waals surface area contributed by atoms with Gasteiger partial charge in [0.25, 0.3) is 0 Å². The third-order valence-corrected chi connectivity index (χ3v) is 2.41. The minimum atomic E-state index is -0.0712. The molecule has 0 aromatic heterocycles. The fourth-order valence-electron chi connectivity index (χ4n) is 1.50. The van der Waals surface area contributed by atoms with Gasteiger partial charge in [0, 0.05) is 12.6 Å². The molecule has 0 rings (SSSR count). The van der Waals surface area contributed by atoms with E-state index in [4.69, 9.17) is 0 Å². The Kier molecular flexibility index (Phi) is 9.28. The van der Waals surface area contributed by atoms with Crippen LogP contribution in [0.25, 0.3) is 0 Å². The van der Waals surface area contributed by atoms with Crippen molar-refractivity contribution in [1.29, 1.82) is 0 Å². The molecule has 0 aliphatic rings. The van der Waals surface area contributed by atoms with Crippen molar-refractivity contribution in [3.05, 3.63) is 0 Å². The highest BCUT2D eigenvalue weighted by molar-refractivity contribution is 5.81. The Labute approximate surface area is 110 Å². The van der Waals surface area contributed by atoms with Crippen molar-refractivity contribution in [1.82, 2.24) is 16.0 Å². The van der Waals surface area contributed by atoms with Crippen molar-refractivity contribution in [2.24, 2.45) is 5.92 Å². The van der Waals surface area contributed by atoms with E-state index in [0.717, 1.165) is 12.8 Å². The number of hydrogen-bond donors (Lipinski definition) is 3. The zero-order chi connectivity index (χ0) is 14.0. The molecule has 0 aliphatic carbocycles. The predicted octanol–water partition coefficient (Wildman–Crippen LogP) is 0.653. The topological polar surface area (TPSA) is 70.2 Å². The van der Waals surface area contributed by atoms with E-state index in [1.165, 1.54) is 0 Å². The zero-order valence-corrected chi connectivity index (χ0v) is 12.0. The Morgan fingerprint density at radius 3 is 2.22 bits per heavy atom. The fourth-order valence-corrected chi connectivity index (χ4v) is 1.50. The summed E-state index contributed by atoms with van der Waals surface area (Å²) < 4.78 is 0. The van der Waals surface area contributed by atoms with E-state index in [-0.39, 0.29) is 30.9 Å². The molecular weight excluding hydrogens is 230 g/mol. The van der Waals surface area contributed by atoms with Gasteiger partial charge in [-0.1, -0.05) is 27.2 Å². The number of carbonyl (C=O) groups is 2. The van der Waals surface area contributed by atoms with E-state index in [9.17, 15) is 9.59 Å². The number of carbonyl (C=O) groups excluding carboxylic acids is 2. The second-order valence-corrected chi connectivity index (χ2v) is 5.06. The van der Waals surface area contributed by atoms with Crippen LogP contribution in [0.4, 0.5) is 0 Å². The van der Waals surface area contributed by atoms with E-state index < -0.39 is 0 Å². The van der Waals surface area contributed by atoms with Crippen LogP contribution in [0.5, 0.6) is 0 Å². The number of nitrogens with one attached hydrogen (secondary N) is 3. The van der Waals surface area contributed by atoms with Crippen LogP contribution in [-0.2, 0) is 9.59 Å². The molecule has 0 heterocycles. The summed E-state index contributed by atoms with van der Waals surface area (Å²) in [5.41, 5.74) is 0. The molecule has 3 N–H and O–H groups in total. The smallest absolute Gasteiger partial charge is 0.234 e. The van der Waals surface area contributed by atoms with Gasteiger partial charge in [-0.25, -0.2) is 0 Å². The number of hydrogen-bond acceptors (Lipinski definition) is 3. The summed E-state index contributed by atoms with van der Waals surface area (Å²) in [4.78, 5) is 22.8. The highest BCUT2D eigenvalue weighted by atomic mass is 16.2. The molecule has 0 radical (unpaired) electrons. The molecule has 0 aliphatic heterocycles. The molecule has 0 spiro atoms. The second-order valence-electron chi connectivity index (χ2n) is 5.06. The first-order chi connectivity index (χ1) is 8.45. The Morgan fingerprint density at radius 2 is 1.67 bits per heavy atom. The van der Waals surface area contributed by atoms with Crippen molar-refractivity contribution < 1.29 is 9.59 Å². The first kappa shape index (κ1) is 16.9. The largest absolute Gasteiger partial charge is 0.355 e. The maximum absolute atomic E-state index is 11.5.